The second-order valence-corrected chi connectivity index (χ2v) is 7.64. The highest BCUT2D eigenvalue weighted by molar-refractivity contribution is 5.87. The third-order valence-electron chi connectivity index (χ3n) is 5.63. The summed E-state index contributed by atoms with van der Waals surface area (Å²) in [6, 6.07) is 6.99. The number of rotatable bonds is 6. The summed E-state index contributed by atoms with van der Waals surface area (Å²) >= 11 is 0. The summed E-state index contributed by atoms with van der Waals surface area (Å²) in [5.41, 5.74) is 1.40. The summed E-state index contributed by atoms with van der Waals surface area (Å²) in [5, 5.41) is 8.96. The van der Waals surface area contributed by atoms with Crippen molar-refractivity contribution in [2.24, 2.45) is 5.92 Å². The lowest BCUT2D eigenvalue weighted by molar-refractivity contribution is -0.133. The number of amides is 2. The van der Waals surface area contributed by atoms with Crippen molar-refractivity contribution in [1.82, 2.24) is 9.80 Å². The minimum atomic E-state index is -0.915. The molecule has 0 aromatic heterocycles. The molecule has 0 saturated carbocycles. The number of hydrogen-bond donors (Lipinski definition) is 1. The number of aromatic carboxylic acids is 1. The first kappa shape index (κ1) is 19.4. The molecule has 3 rings (SSSR count). The monoisotopic (exact) mass is 372 g/mol. The van der Waals surface area contributed by atoms with Gasteiger partial charge in [0.25, 0.3) is 0 Å². The summed E-state index contributed by atoms with van der Waals surface area (Å²) in [6.07, 6.45) is 5.93. The Morgan fingerprint density at radius 1 is 1.07 bits per heavy atom. The van der Waals surface area contributed by atoms with Crippen LogP contribution in [0.1, 0.15) is 54.4 Å². The van der Waals surface area contributed by atoms with E-state index in [1.807, 2.05) is 21.9 Å². The zero-order valence-corrected chi connectivity index (χ0v) is 15.7. The van der Waals surface area contributed by atoms with E-state index >= 15 is 0 Å². The molecule has 0 aliphatic carbocycles. The van der Waals surface area contributed by atoms with Crippen molar-refractivity contribution in [3.05, 3.63) is 35.4 Å². The number of hydrogen-bond acceptors (Lipinski definition) is 3. The van der Waals surface area contributed by atoms with Crippen LogP contribution in [-0.4, -0.2) is 58.9 Å². The molecular formula is C21H28N2O4. The van der Waals surface area contributed by atoms with Crippen molar-refractivity contribution in [2.75, 3.05) is 26.2 Å². The van der Waals surface area contributed by atoms with Crippen molar-refractivity contribution < 1.29 is 19.5 Å². The molecule has 2 aliphatic rings. The lowest BCUT2D eigenvalue weighted by Gasteiger charge is -2.22. The summed E-state index contributed by atoms with van der Waals surface area (Å²) in [7, 11) is 0. The summed E-state index contributed by atoms with van der Waals surface area (Å²) < 4.78 is 0. The molecule has 1 N–H and O–H groups in total. The van der Waals surface area contributed by atoms with Gasteiger partial charge in [-0.05, 0) is 49.3 Å². The molecule has 1 unspecified atom stereocenters. The lowest BCUT2D eigenvalue weighted by atomic mass is 9.98. The molecule has 2 amide bonds. The van der Waals surface area contributed by atoms with E-state index in [0.29, 0.717) is 30.9 Å². The van der Waals surface area contributed by atoms with Gasteiger partial charge in [0.1, 0.15) is 0 Å². The quantitative estimate of drug-likeness (QED) is 0.832. The highest BCUT2D eigenvalue weighted by Gasteiger charge is 2.27. The first-order chi connectivity index (χ1) is 13.0. The molecule has 0 bridgehead atoms. The fraction of sp³-hybridized carbons (Fsp3) is 0.571. The maximum absolute atomic E-state index is 12.5. The lowest BCUT2D eigenvalue weighted by Crippen LogP contribution is -2.36. The van der Waals surface area contributed by atoms with E-state index in [2.05, 4.69) is 0 Å². The molecule has 2 saturated heterocycles. The average molecular weight is 372 g/mol. The Hall–Kier alpha value is -2.37. The summed E-state index contributed by atoms with van der Waals surface area (Å²) in [4.78, 5) is 39.2. The Bertz CT molecular complexity index is 686. The smallest absolute Gasteiger partial charge is 0.335 e. The molecule has 2 fully saturated rings. The largest absolute Gasteiger partial charge is 0.478 e. The molecule has 2 aliphatic heterocycles. The van der Waals surface area contributed by atoms with Crippen molar-refractivity contribution >= 4 is 17.8 Å². The number of likely N-dealkylation sites (tertiary alicyclic amines) is 2. The van der Waals surface area contributed by atoms with Crippen LogP contribution >= 0.6 is 0 Å². The van der Waals surface area contributed by atoms with Gasteiger partial charge in [-0.1, -0.05) is 18.6 Å². The summed E-state index contributed by atoms with van der Waals surface area (Å²) in [5.74, 6) is -0.188. The van der Waals surface area contributed by atoms with Gasteiger partial charge in [0.15, 0.2) is 0 Å². The van der Waals surface area contributed by atoms with Crippen LogP contribution in [0, 0.1) is 5.92 Å². The van der Waals surface area contributed by atoms with E-state index in [4.69, 9.17) is 5.11 Å². The van der Waals surface area contributed by atoms with Gasteiger partial charge in [-0.25, -0.2) is 4.79 Å². The fourth-order valence-corrected chi connectivity index (χ4v) is 4.01. The van der Waals surface area contributed by atoms with E-state index in [-0.39, 0.29) is 11.8 Å². The zero-order valence-electron chi connectivity index (χ0n) is 15.7. The van der Waals surface area contributed by atoms with Gasteiger partial charge < -0.3 is 14.9 Å². The van der Waals surface area contributed by atoms with E-state index < -0.39 is 5.97 Å². The molecule has 27 heavy (non-hydrogen) atoms. The minimum Gasteiger partial charge on any atom is -0.478 e. The SMILES string of the molecule is O=C(O)c1ccc(CC2CCN(C(=O)CCN3CCCCCC3=O)C2)cc1. The van der Waals surface area contributed by atoms with Crippen LogP contribution in [0.4, 0.5) is 0 Å². The van der Waals surface area contributed by atoms with Crippen molar-refractivity contribution in [2.45, 2.75) is 44.9 Å². The minimum absolute atomic E-state index is 0.135. The maximum atomic E-state index is 12.5. The van der Waals surface area contributed by atoms with Crippen LogP contribution in [0.3, 0.4) is 0 Å². The molecule has 1 atom stereocenters. The molecular weight excluding hydrogens is 344 g/mol. The normalized spacial score (nSPS) is 20.6. The molecule has 6 nitrogen and oxygen atoms in total. The predicted octanol–water partition coefficient (Wildman–Crippen LogP) is 2.57. The van der Waals surface area contributed by atoms with Gasteiger partial charge in [-0.15, -0.1) is 0 Å². The van der Waals surface area contributed by atoms with Gasteiger partial charge in [0, 0.05) is 39.0 Å². The Morgan fingerprint density at radius 3 is 2.59 bits per heavy atom. The van der Waals surface area contributed by atoms with Gasteiger partial charge in [0.05, 0.1) is 5.56 Å². The highest BCUT2D eigenvalue weighted by Crippen LogP contribution is 2.22. The first-order valence-electron chi connectivity index (χ1n) is 9.90. The van der Waals surface area contributed by atoms with Crippen LogP contribution in [0.5, 0.6) is 0 Å². The third-order valence-corrected chi connectivity index (χ3v) is 5.63. The maximum Gasteiger partial charge on any atom is 0.335 e. The van der Waals surface area contributed by atoms with Gasteiger partial charge in [-0.3, -0.25) is 9.59 Å². The van der Waals surface area contributed by atoms with Crippen LogP contribution in [-0.2, 0) is 16.0 Å². The van der Waals surface area contributed by atoms with E-state index in [1.54, 1.807) is 12.1 Å². The fourth-order valence-electron chi connectivity index (χ4n) is 4.01. The van der Waals surface area contributed by atoms with Crippen LogP contribution < -0.4 is 0 Å². The summed E-state index contributed by atoms with van der Waals surface area (Å²) in [6.45, 7) is 2.83. The Morgan fingerprint density at radius 2 is 1.85 bits per heavy atom. The van der Waals surface area contributed by atoms with Gasteiger partial charge in [-0.2, -0.15) is 0 Å². The first-order valence-corrected chi connectivity index (χ1v) is 9.90. The van der Waals surface area contributed by atoms with Crippen LogP contribution in [0.15, 0.2) is 24.3 Å². The van der Waals surface area contributed by atoms with E-state index in [0.717, 1.165) is 57.3 Å². The van der Waals surface area contributed by atoms with Crippen molar-refractivity contribution in [3.8, 4) is 0 Å². The Balaban J connectivity index is 1.45. The van der Waals surface area contributed by atoms with Crippen LogP contribution in [0.25, 0.3) is 0 Å². The van der Waals surface area contributed by atoms with Crippen molar-refractivity contribution in [3.63, 3.8) is 0 Å². The van der Waals surface area contributed by atoms with Crippen LogP contribution in [0.2, 0.25) is 0 Å². The molecule has 0 spiro atoms. The second-order valence-electron chi connectivity index (χ2n) is 7.64. The molecule has 0 radical (unpaired) electrons. The standard InChI is InChI=1S/C21H28N2O4/c24-19-4-2-1-3-11-22(19)13-10-20(25)23-12-9-17(15-23)14-16-5-7-18(8-6-16)21(26)27/h5-8,17H,1-4,9-15H2,(H,26,27). The third kappa shape index (κ3) is 5.31. The molecule has 1 aromatic rings. The number of nitrogens with zero attached hydrogens (tertiary/aromatic N) is 2. The highest BCUT2D eigenvalue weighted by atomic mass is 16.4. The zero-order chi connectivity index (χ0) is 19.2. The number of carboxylic acid groups (broad SMARTS) is 1. The molecule has 146 valence electrons. The second kappa shape index (κ2) is 9.02. The molecule has 2 heterocycles. The topological polar surface area (TPSA) is 77.9 Å². The average Bonchev–Trinajstić information content (AvgIpc) is 3.02. The number of carbonyl (C=O) groups is 3. The Kier molecular flexibility index (Phi) is 6.48. The van der Waals surface area contributed by atoms with E-state index in [9.17, 15) is 14.4 Å². The van der Waals surface area contributed by atoms with Gasteiger partial charge >= 0.3 is 5.97 Å². The number of carboxylic acids is 1. The van der Waals surface area contributed by atoms with Crippen molar-refractivity contribution in [1.29, 1.82) is 0 Å². The number of carbonyl (C=O) groups excluding carboxylic acids is 2. The molecule has 6 heteroatoms. The Labute approximate surface area is 160 Å². The molecule has 1 aromatic carbocycles. The number of benzene rings is 1. The predicted molar refractivity (Wildman–Crippen MR) is 101 cm³/mol. The van der Waals surface area contributed by atoms with E-state index in [1.165, 1.54) is 0 Å². The van der Waals surface area contributed by atoms with Gasteiger partial charge in [0.2, 0.25) is 11.8 Å².